The fourth-order valence-corrected chi connectivity index (χ4v) is 2.23. The maximum atomic E-state index is 4.23. The van der Waals surface area contributed by atoms with Crippen molar-refractivity contribution in [2.45, 2.75) is 20.8 Å². The quantitative estimate of drug-likeness (QED) is 0.289. The van der Waals surface area contributed by atoms with Gasteiger partial charge < -0.3 is 0 Å². The molecular weight excluding hydrogens is 150 g/mol. The van der Waals surface area contributed by atoms with Crippen LogP contribution in [0.25, 0.3) is 0 Å². The first-order valence-electron chi connectivity index (χ1n) is 3.44. The van der Waals surface area contributed by atoms with Gasteiger partial charge in [0, 0.05) is 0 Å². The predicted molar refractivity (Wildman–Crippen MR) is 48.5 cm³/mol. The highest BCUT2D eigenvalue weighted by Gasteiger charge is 2.19. The van der Waals surface area contributed by atoms with Gasteiger partial charge >= 0.3 is 0 Å². The van der Waals surface area contributed by atoms with Crippen molar-refractivity contribution in [1.82, 2.24) is 0 Å². The molecule has 0 unspecified atom stereocenters. The van der Waals surface area contributed by atoms with Crippen molar-refractivity contribution in [3.8, 4) is 0 Å². The Morgan fingerprint density at radius 2 is 1.44 bits per heavy atom. The van der Waals surface area contributed by atoms with Crippen molar-refractivity contribution in [3.05, 3.63) is 0 Å². The highest BCUT2D eigenvalue weighted by Crippen LogP contribution is 2.24. The molecule has 0 fully saturated rings. The summed E-state index contributed by atoms with van der Waals surface area (Å²) in [6.45, 7) is 10.1. The standard InChI is InChI=1S/C6H15NS2/c1-4-7(5-2,6-3)9-8/h4-6H2,1-3H3/p+1. The average molecular weight is 166 g/mol. The molecule has 0 aromatic rings. The summed E-state index contributed by atoms with van der Waals surface area (Å²) in [5, 5.41) is 0. The van der Waals surface area contributed by atoms with Crippen LogP contribution in [0.3, 0.4) is 0 Å². The Hall–Kier alpha value is 0.660. The lowest BCUT2D eigenvalue weighted by atomic mass is 10.5. The van der Waals surface area contributed by atoms with Crippen LogP contribution in [0.2, 0.25) is 0 Å². The molecule has 0 spiro atoms. The van der Waals surface area contributed by atoms with E-state index in [1.807, 2.05) is 0 Å². The third-order valence-electron chi connectivity index (χ3n) is 1.90. The van der Waals surface area contributed by atoms with Gasteiger partial charge in [-0.3, -0.25) is 3.89 Å². The Bertz CT molecular complexity index is 53.9. The maximum Gasteiger partial charge on any atom is 0.143 e. The van der Waals surface area contributed by atoms with Crippen molar-refractivity contribution < 1.29 is 3.89 Å². The Kier molecular flexibility index (Phi) is 4.80. The van der Waals surface area contributed by atoms with E-state index in [0.29, 0.717) is 0 Å². The summed E-state index contributed by atoms with van der Waals surface area (Å²) in [7, 11) is 1.65. The van der Waals surface area contributed by atoms with Crippen molar-refractivity contribution in [2.24, 2.45) is 0 Å². The van der Waals surface area contributed by atoms with Crippen LogP contribution >= 0.6 is 22.6 Å². The molecule has 0 radical (unpaired) electrons. The zero-order valence-corrected chi connectivity index (χ0v) is 8.13. The summed E-state index contributed by atoms with van der Waals surface area (Å²) in [5.41, 5.74) is 0. The number of nitrogens with zero attached hydrogens (tertiary/aromatic N) is 1. The van der Waals surface area contributed by atoms with E-state index >= 15 is 0 Å². The van der Waals surface area contributed by atoms with Crippen LogP contribution in [-0.2, 0) is 0 Å². The van der Waals surface area contributed by atoms with Gasteiger partial charge in [-0.25, -0.2) is 0 Å². The van der Waals surface area contributed by atoms with E-state index in [0.717, 1.165) is 3.89 Å². The predicted octanol–water partition coefficient (Wildman–Crippen LogP) is 2.36. The Morgan fingerprint density at radius 3 is 1.44 bits per heavy atom. The summed E-state index contributed by atoms with van der Waals surface area (Å²) in [6.07, 6.45) is 0. The lowest BCUT2D eigenvalue weighted by Crippen LogP contribution is -2.39. The largest absolute Gasteiger partial charge is 0.253 e. The minimum atomic E-state index is 1.06. The zero-order chi connectivity index (χ0) is 7.33. The van der Waals surface area contributed by atoms with E-state index in [1.54, 1.807) is 11.0 Å². The highest BCUT2D eigenvalue weighted by atomic mass is 33.1. The van der Waals surface area contributed by atoms with Gasteiger partial charge in [-0.2, -0.15) is 0 Å². The van der Waals surface area contributed by atoms with E-state index in [4.69, 9.17) is 0 Å². The van der Waals surface area contributed by atoms with Crippen LogP contribution < -0.4 is 0 Å². The van der Waals surface area contributed by atoms with Gasteiger partial charge in [0.05, 0.1) is 19.6 Å². The van der Waals surface area contributed by atoms with Gasteiger partial charge in [0.25, 0.3) is 0 Å². The first-order valence-corrected chi connectivity index (χ1v) is 5.26. The number of quaternary nitrogens is 1. The molecule has 0 atom stereocenters. The van der Waals surface area contributed by atoms with Crippen LogP contribution in [0, 0.1) is 0 Å². The van der Waals surface area contributed by atoms with Gasteiger partial charge in [-0.1, -0.05) is 0 Å². The number of hydrogen-bond donors (Lipinski definition) is 1. The Balaban J connectivity index is 3.82. The third kappa shape index (κ3) is 2.40. The van der Waals surface area contributed by atoms with Crippen molar-refractivity contribution in [2.75, 3.05) is 19.6 Å². The Labute approximate surface area is 67.3 Å². The van der Waals surface area contributed by atoms with E-state index < -0.39 is 0 Å². The highest BCUT2D eigenvalue weighted by molar-refractivity contribution is 8.66. The number of rotatable bonds is 4. The summed E-state index contributed by atoms with van der Waals surface area (Å²) >= 11 is 4.23. The van der Waals surface area contributed by atoms with Crippen LogP contribution in [0.15, 0.2) is 0 Å². The molecule has 0 bridgehead atoms. The van der Waals surface area contributed by atoms with Gasteiger partial charge in [-0.15, -0.1) is 0 Å². The summed E-state index contributed by atoms with van der Waals surface area (Å²) in [6, 6.07) is 0. The van der Waals surface area contributed by atoms with Crippen molar-refractivity contribution in [1.29, 1.82) is 0 Å². The third-order valence-corrected chi connectivity index (χ3v) is 4.06. The van der Waals surface area contributed by atoms with Crippen LogP contribution in [0.5, 0.6) is 0 Å². The minimum absolute atomic E-state index is 1.06. The Morgan fingerprint density at radius 1 is 1.11 bits per heavy atom. The summed E-state index contributed by atoms with van der Waals surface area (Å²) < 4.78 is 1.06. The van der Waals surface area contributed by atoms with E-state index in [9.17, 15) is 0 Å². The van der Waals surface area contributed by atoms with Crippen LogP contribution in [0.1, 0.15) is 20.8 Å². The smallest absolute Gasteiger partial charge is 0.143 e. The first-order chi connectivity index (χ1) is 4.24. The van der Waals surface area contributed by atoms with E-state index in [-0.39, 0.29) is 0 Å². The fraction of sp³-hybridized carbons (Fsp3) is 1.00. The molecule has 0 saturated heterocycles. The molecule has 0 aliphatic carbocycles. The molecule has 0 saturated carbocycles. The monoisotopic (exact) mass is 166 g/mol. The molecule has 0 N–H and O–H groups in total. The second-order valence-corrected chi connectivity index (χ2v) is 3.52. The number of hydrogen-bond acceptors (Lipinski definition) is 2. The van der Waals surface area contributed by atoms with Gasteiger partial charge in [-0.05, 0) is 32.4 Å². The summed E-state index contributed by atoms with van der Waals surface area (Å²) in [5.74, 6) is 0. The molecule has 0 aromatic carbocycles. The minimum Gasteiger partial charge on any atom is -0.253 e. The second-order valence-electron chi connectivity index (χ2n) is 2.09. The van der Waals surface area contributed by atoms with Gasteiger partial charge in [0.2, 0.25) is 0 Å². The molecule has 0 amide bonds. The molecule has 0 aromatic heterocycles. The number of thiol groups is 1. The zero-order valence-electron chi connectivity index (χ0n) is 6.42. The molecule has 0 heterocycles. The lowest BCUT2D eigenvalue weighted by molar-refractivity contribution is -0.787. The average Bonchev–Trinajstić information content (AvgIpc) is 1.95. The second kappa shape index (κ2) is 4.47. The fourth-order valence-electron chi connectivity index (χ4n) is 0.844. The molecule has 3 heteroatoms. The van der Waals surface area contributed by atoms with E-state index in [1.165, 1.54) is 19.6 Å². The van der Waals surface area contributed by atoms with Crippen LogP contribution in [-0.4, -0.2) is 23.5 Å². The van der Waals surface area contributed by atoms with Crippen molar-refractivity contribution >= 4 is 22.6 Å². The first kappa shape index (κ1) is 9.66. The maximum absolute atomic E-state index is 4.23. The molecule has 0 aliphatic heterocycles. The molecule has 56 valence electrons. The van der Waals surface area contributed by atoms with Crippen molar-refractivity contribution in [3.63, 3.8) is 0 Å². The normalized spacial score (nSPS) is 12.0. The molecule has 0 aliphatic rings. The molecular formula is C6H16NS2+. The molecule has 1 nitrogen and oxygen atoms in total. The van der Waals surface area contributed by atoms with Gasteiger partial charge in [0.15, 0.2) is 0 Å². The van der Waals surface area contributed by atoms with E-state index in [2.05, 4.69) is 32.4 Å². The topological polar surface area (TPSA) is 0 Å². The molecule has 0 rings (SSSR count). The SMILES string of the molecule is CC[N+](CC)(CC)SS. The molecule has 9 heavy (non-hydrogen) atoms. The lowest BCUT2D eigenvalue weighted by Gasteiger charge is -2.30. The summed E-state index contributed by atoms with van der Waals surface area (Å²) in [4.78, 5) is 0. The van der Waals surface area contributed by atoms with Gasteiger partial charge in [0.1, 0.15) is 11.0 Å². The van der Waals surface area contributed by atoms with Crippen LogP contribution in [0.4, 0.5) is 0 Å².